The van der Waals surface area contributed by atoms with E-state index in [1.54, 1.807) is 0 Å². The van der Waals surface area contributed by atoms with E-state index in [0.29, 0.717) is 13.5 Å². The van der Waals surface area contributed by atoms with Crippen molar-refractivity contribution < 1.29 is 48.7 Å². The van der Waals surface area contributed by atoms with Gasteiger partial charge in [0.15, 0.2) is 24.4 Å². The molecule has 3 rings (SSSR count). The quantitative estimate of drug-likeness (QED) is 0.164. The molecule has 0 amide bonds. The first-order valence-electron chi connectivity index (χ1n) is 9.05. The van der Waals surface area contributed by atoms with Crippen molar-refractivity contribution in [3.63, 3.8) is 0 Å². The summed E-state index contributed by atoms with van der Waals surface area (Å²) >= 11 is 0. The fraction of sp³-hybridized carbons (Fsp3) is 0.400. The molecule has 0 aliphatic heterocycles. The third kappa shape index (κ3) is 6.55. The normalized spacial score (nSPS) is 14.3. The van der Waals surface area contributed by atoms with Gasteiger partial charge in [0.25, 0.3) is 13.5 Å². The summed E-state index contributed by atoms with van der Waals surface area (Å²) < 4.78 is 9.45. The van der Waals surface area contributed by atoms with E-state index >= 15 is 0 Å². The van der Waals surface area contributed by atoms with Gasteiger partial charge in [-0.3, -0.25) is 9.53 Å². The number of Topliss-reactive ketones (excluding diaryl/α,β-unsaturated/α-hetero) is 1. The van der Waals surface area contributed by atoms with Crippen molar-refractivity contribution in [2.45, 2.75) is 45.6 Å². The third-order valence-corrected chi connectivity index (χ3v) is 4.76. The molecule has 0 spiro atoms. The lowest BCUT2D eigenvalue weighted by molar-refractivity contribution is -0.788. The van der Waals surface area contributed by atoms with Gasteiger partial charge in [-0.1, -0.05) is 24.4 Å². The van der Waals surface area contributed by atoms with Gasteiger partial charge in [0.1, 0.15) is 6.21 Å². The highest BCUT2D eigenvalue weighted by Gasteiger charge is 2.24. The highest BCUT2D eigenvalue weighted by atomic mass is 35.5. The second kappa shape index (κ2) is 12.4. The van der Waals surface area contributed by atoms with Gasteiger partial charge in [-0.25, -0.2) is 0 Å². The SMILES string of the molecule is O=C(c1ccc[n+](COC[n+]2ccccc2/C=N\O)c1)C1CCCCC1.[Cl-].[Cl-]. The molecule has 0 unspecified atom stereocenters. The number of rotatable bonds is 7. The Labute approximate surface area is 177 Å². The number of aromatic nitrogens is 2. The van der Waals surface area contributed by atoms with Crippen LogP contribution in [0.1, 0.15) is 48.2 Å². The average molecular weight is 426 g/mol. The van der Waals surface area contributed by atoms with Crippen LogP contribution in [-0.4, -0.2) is 17.2 Å². The predicted molar refractivity (Wildman–Crippen MR) is 94.6 cm³/mol. The summed E-state index contributed by atoms with van der Waals surface area (Å²) in [6.07, 6.45) is 12.5. The first-order valence-corrected chi connectivity index (χ1v) is 9.05. The largest absolute Gasteiger partial charge is 1.00 e. The predicted octanol–water partition coefficient (Wildman–Crippen LogP) is -3.53. The summed E-state index contributed by atoms with van der Waals surface area (Å²) in [6, 6.07) is 9.35. The molecule has 152 valence electrons. The molecule has 0 atom stereocenters. The molecular formula is C20H25Cl2N3O3. The van der Waals surface area contributed by atoms with Gasteiger partial charge >= 0.3 is 0 Å². The summed E-state index contributed by atoms with van der Waals surface area (Å²) in [4.78, 5) is 12.7. The van der Waals surface area contributed by atoms with E-state index in [1.807, 2.05) is 58.1 Å². The molecule has 0 radical (unpaired) electrons. The summed E-state index contributed by atoms with van der Waals surface area (Å²) in [6.45, 7) is 0.652. The van der Waals surface area contributed by atoms with Crippen molar-refractivity contribution in [3.8, 4) is 0 Å². The van der Waals surface area contributed by atoms with E-state index in [0.717, 1.165) is 36.9 Å². The van der Waals surface area contributed by atoms with Crippen molar-refractivity contribution in [2.24, 2.45) is 11.1 Å². The Morgan fingerprint density at radius 3 is 2.64 bits per heavy atom. The zero-order valence-electron chi connectivity index (χ0n) is 15.6. The molecule has 1 N–H and O–H groups in total. The number of halogens is 2. The summed E-state index contributed by atoms with van der Waals surface area (Å²) in [5.74, 6) is 0.415. The van der Waals surface area contributed by atoms with E-state index in [1.165, 1.54) is 12.6 Å². The second-order valence-corrected chi connectivity index (χ2v) is 6.61. The lowest BCUT2D eigenvalue weighted by Gasteiger charge is -2.19. The number of ether oxygens (including phenoxy) is 1. The average Bonchev–Trinajstić information content (AvgIpc) is 2.70. The summed E-state index contributed by atoms with van der Waals surface area (Å²) in [5.41, 5.74) is 1.49. The number of nitrogens with zero attached hydrogens (tertiary/aromatic N) is 3. The van der Waals surface area contributed by atoms with Crippen molar-refractivity contribution in [3.05, 3.63) is 60.2 Å². The number of carbonyl (C=O) groups excluding carboxylic acids is 1. The molecule has 2 heterocycles. The standard InChI is InChI=1S/C20H24N3O3.2ClH/c24-20(17-7-2-1-3-8-17)18-9-6-11-22(14-18)15-26-16-23-12-5-4-10-19(23)13-21-25;;/h4-6,9-14,17H,1-3,7-8,15-16H2;2*1H/q+1;;/p-1. The first kappa shape index (κ1) is 24.0. The molecule has 8 heteroatoms. The van der Waals surface area contributed by atoms with Crippen LogP contribution in [0.15, 0.2) is 54.1 Å². The van der Waals surface area contributed by atoms with Crippen LogP contribution in [0, 0.1) is 5.92 Å². The van der Waals surface area contributed by atoms with Crippen LogP contribution >= 0.6 is 0 Å². The minimum absolute atomic E-state index is 0. The summed E-state index contributed by atoms with van der Waals surface area (Å²) in [7, 11) is 0. The van der Waals surface area contributed by atoms with Crippen molar-refractivity contribution in [2.75, 3.05) is 0 Å². The van der Waals surface area contributed by atoms with Crippen LogP contribution in [0.2, 0.25) is 0 Å². The van der Waals surface area contributed by atoms with Crippen molar-refractivity contribution >= 4 is 12.0 Å². The van der Waals surface area contributed by atoms with E-state index in [-0.39, 0.29) is 36.5 Å². The Morgan fingerprint density at radius 2 is 1.89 bits per heavy atom. The molecule has 0 aromatic carbocycles. The minimum atomic E-state index is 0. The maximum absolute atomic E-state index is 12.7. The summed E-state index contributed by atoms with van der Waals surface area (Å²) in [5, 5.41) is 11.8. The fourth-order valence-electron chi connectivity index (χ4n) is 3.38. The molecule has 1 saturated carbocycles. The van der Waals surface area contributed by atoms with Gasteiger partial charge < -0.3 is 30.0 Å². The molecular weight excluding hydrogens is 401 g/mol. The molecule has 6 nitrogen and oxygen atoms in total. The van der Waals surface area contributed by atoms with Gasteiger partial charge in [0.05, 0.1) is 5.56 Å². The number of hydrogen-bond donors (Lipinski definition) is 1. The van der Waals surface area contributed by atoms with E-state index < -0.39 is 0 Å². The molecule has 0 saturated heterocycles. The highest BCUT2D eigenvalue weighted by molar-refractivity contribution is 5.97. The van der Waals surface area contributed by atoms with Crippen molar-refractivity contribution in [1.82, 2.24) is 0 Å². The van der Waals surface area contributed by atoms with Gasteiger partial charge in [0.2, 0.25) is 5.69 Å². The number of hydrogen-bond acceptors (Lipinski definition) is 4. The Hall–Kier alpha value is -2.02. The lowest BCUT2D eigenvalue weighted by atomic mass is 9.84. The van der Waals surface area contributed by atoms with Gasteiger partial charge in [-0.15, -0.1) is 0 Å². The van der Waals surface area contributed by atoms with Crippen LogP contribution in [0.25, 0.3) is 0 Å². The van der Waals surface area contributed by atoms with E-state index in [2.05, 4.69) is 5.16 Å². The minimum Gasteiger partial charge on any atom is -1.00 e. The lowest BCUT2D eigenvalue weighted by Crippen LogP contribution is -3.00. The van der Waals surface area contributed by atoms with Gasteiger partial charge in [0, 0.05) is 24.1 Å². The third-order valence-electron chi connectivity index (χ3n) is 4.76. The molecule has 1 aliphatic rings. The molecule has 1 fully saturated rings. The topological polar surface area (TPSA) is 66.7 Å². The maximum atomic E-state index is 12.7. The Balaban J connectivity index is 0.00000196. The molecule has 2 aromatic heterocycles. The molecule has 0 bridgehead atoms. The van der Waals surface area contributed by atoms with Crippen LogP contribution in [0.5, 0.6) is 0 Å². The highest BCUT2D eigenvalue weighted by Crippen LogP contribution is 2.26. The molecule has 1 aliphatic carbocycles. The Kier molecular flexibility index (Phi) is 10.7. The molecule has 28 heavy (non-hydrogen) atoms. The number of carbonyl (C=O) groups is 1. The monoisotopic (exact) mass is 425 g/mol. The molecule has 2 aromatic rings. The van der Waals surface area contributed by atoms with Crippen LogP contribution in [0.3, 0.4) is 0 Å². The smallest absolute Gasteiger partial charge is 0.258 e. The van der Waals surface area contributed by atoms with Gasteiger partial charge in [-0.2, -0.15) is 9.13 Å². The Bertz CT molecular complexity index is 781. The van der Waals surface area contributed by atoms with Gasteiger partial charge in [-0.05, 0) is 25.0 Å². The van der Waals surface area contributed by atoms with Crippen LogP contribution in [0.4, 0.5) is 0 Å². The number of pyridine rings is 2. The van der Waals surface area contributed by atoms with E-state index in [4.69, 9.17) is 9.94 Å². The first-order chi connectivity index (χ1) is 12.8. The second-order valence-electron chi connectivity index (χ2n) is 6.61. The number of ketones is 1. The maximum Gasteiger partial charge on any atom is 0.258 e. The fourth-order valence-corrected chi connectivity index (χ4v) is 3.38. The van der Waals surface area contributed by atoms with Crippen LogP contribution in [-0.2, 0) is 18.2 Å². The number of oxime groups is 1. The van der Waals surface area contributed by atoms with E-state index in [9.17, 15) is 4.79 Å². The zero-order valence-corrected chi connectivity index (χ0v) is 17.1. The Morgan fingerprint density at radius 1 is 1.11 bits per heavy atom. The van der Waals surface area contributed by atoms with Crippen molar-refractivity contribution in [1.29, 1.82) is 0 Å². The van der Waals surface area contributed by atoms with Crippen LogP contribution < -0.4 is 33.9 Å². The zero-order chi connectivity index (χ0) is 18.2.